The van der Waals surface area contributed by atoms with Gasteiger partial charge in [-0.15, -0.1) is 0 Å². The molecular formula is C23H38N6. The van der Waals surface area contributed by atoms with E-state index >= 15 is 0 Å². The van der Waals surface area contributed by atoms with Gasteiger partial charge in [0.05, 0.1) is 0 Å². The van der Waals surface area contributed by atoms with Gasteiger partial charge in [0.15, 0.2) is 5.57 Å². The van der Waals surface area contributed by atoms with Gasteiger partial charge in [0.2, 0.25) is 0 Å². The average molecular weight is 399 g/mol. The minimum Gasteiger partial charge on any atom is -0.355 e. The van der Waals surface area contributed by atoms with Gasteiger partial charge in [-0.3, -0.25) is 0 Å². The maximum Gasteiger partial charge on any atom is 0.169 e. The Hall–Kier alpha value is -1.76. The van der Waals surface area contributed by atoms with Crippen molar-refractivity contribution in [2.75, 3.05) is 65.4 Å². The van der Waals surface area contributed by atoms with Crippen LogP contribution in [0.1, 0.15) is 46.0 Å². The van der Waals surface area contributed by atoms with E-state index in [1.54, 1.807) is 0 Å². The molecule has 3 saturated heterocycles. The van der Waals surface area contributed by atoms with Crippen LogP contribution in [0.4, 0.5) is 0 Å². The Labute approximate surface area is 177 Å². The molecule has 0 radical (unpaired) electrons. The van der Waals surface area contributed by atoms with E-state index in [4.69, 9.17) is 0 Å². The van der Waals surface area contributed by atoms with E-state index in [1.165, 1.54) is 45.4 Å². The molecule has 6 nitrogen and oxygen atoms in total. The monoisotopic (exact) mass is 398 g/mol. The molecule has 0 saturated carbocycles. The Balaban J connectivity index is 1.51. The molecule has 0 aliphatic carbocycles. The third-order valence-electron chi connectivity index (χ3n) is 6.63. The van der Waals surface area contributed by atoms with Crippen molar-refractivity contribution in [3.63, 3.8) is 0 Å². The molecule has 0 bridgehead atoms. The van der Waals surface area contributed by atoms with Crippen molar-refractivity contribution in [2.45, 2.75) is 46.0 Å². The molecule has 6 heteroatoms. The summed E-state index contributed by atoms with van der Waals surface area (Å²) in [6.45, 7) is 15.6. The fraction of sp³-hybridized carbons (Fsp3) is 0.826. The van der Waals surface area contributed by atoms with E-state index in [0.717, 1.165) is 69.8 Å². The van der Waals surface area contributed by atoms with Crippen molar-refractivity contribution in [3.8, 4) is 12.1 Å². The van der Waals surface area contributed by atoms with Gasteiger partial charge >= 0.3 is 0 Å². The van der Waals surface area contributed by atoms with Crippen molar-refractivity contribution in [1.82, 2.24) is 19.6 Å². The summed E-state index contributed by atoms with van der Waals surface area (Å²) < 4.78 is 0. The summed E-state index contributed by atoms with van der Waals surface area (Å²) in [5.41, 5.74) is 0.281. The smallest absolute Gasteiger partial charge is 0.169 e. The first-order valence-corrected chi connectivity index (χ1v) is 11.6. The Bertz CT molecular complexity index is 613. The summed E-state index contributed by atoms with van der Waals surface area (Å²) in [5.74, 6) is 2.46. The van der Waals surface area contributed by atoms with Gasteiger partial charge in [-0.2, -0.15) is 10.5 Å². The fourth-order valence-corrected chi connectivity index (χ4v) is 5.48. The highest BCUT2D eigenvalue weighted by atomic mass is 15.4. The van der Waals surface area contributed by atoms with E-state index in [2.05, 4.69) is 45.6 Å². The molecule has 160 valence electrons. The van der Waals surface area contributed by atoms with E-state index in [1.807, 2.05) is 0 Å². The van der Waals surface area contributed by atoms with Crippen LogP contribution in [0.3, 0.4) is 0 Å². The molecule has 2 atom stereocenters. The number of rotatable bonds is 8. The molecule has 0 aromatic heterocycles. The van der Waals surface area contributed by atoms with Crippen LogP contribution in [0.2, 0.25) is 0 Å². The lowest BCUT2D eigenvalue weighted by molar-refractivity contribution is 0.136. The average Bonchev–Trinajstić information content (AvgIpc) is 3.33. The maximum absolute atomic E-state index is 9.51. The highest BCUT2D eigenvalue weighted by molar-refractivity contribution is 5.40. The molecule has 0 N–H and O–H groups in total. The highest BCUT2D eigenvalue weighted by Gasteiger charge is 2.28. The van der Waals surface area contributed by atoms with Crippen molar-refractivity contribution in [1.29, 1.82) is 10.5 Å². The second kappa shape index (κ2) is 10.9. The summed E-state index contributed by atoms with van der Waals surface area (Å²) in [6, 6.07) is 4.30. The number of likely N-dealkylation sites (tertiary alicyclic amines) is 2. The van der Waals surface area contributed by atoms with E-state index in [0.29, 0.717) is 0 Å². The quantitative estimate of drug-likeness (QED) is 0.586. The molecule has 0 aromatic rings. The van der Waals surface area contributed by atoms with Crippen LogP contribution in [0.15, 0.2) is 11.4 Å². The Morgan fingerprint density at radius 1 is 0.793 bits per heavy atom. The van der Waals surface area contributed by atoms with Gasteiger partial charge in [-0.1, -0.05) is 13.8 Å². The summed E-state index contributed by atoms with van der Waals surface area (Å²) >= 11 is 0. The number of piperidine rings is 1. The van der Waals surface area contributed by atoms with Crippen LogP contribution in [0.5, 0.6) is 0 Å². The van der Waals surface area contributed by atoms with Crippen LogP contribution >= 0.6 is 0 Å². The van der Waals surface area contributed by atoms with Crippen molar-refractivity contribution in [3.05, 3.63) is 11.4 Å². The Morgan fingerprint density at radius 3 is 1.83 bits per heavy atom. The number of nitriles is 2. The predicted molar refractivity (Wildman–Crippen MR) is 116 cm³/mol. The molecular weight excluding hydrogens is 360 g/mol. The molecule has 0 spiro atoms. The van der Waals surface area contributed by atoms with Gasteiger partial charge in [-0.05, 0) is 70.1 Å². The van der Waals surface area contributed by atoms with Crippen LogP contribution in [-0.2, 0) is 0 Å². The van der Waals surface area contributed by atoms with Crippen LogP contribution < -0.4 is 0 Å². The molecule has 0 amide bonds. The van der Waals surface area contributed by atoms with Crippen molar-refractivity contribution < 1.29 is 0 Å². The SMILES string of the molecule is CC1CC(C)CN(CCCN2CCN(CCCN3CCCC3)C2=C(C#N)C#N)C1. The standard InChI is InChI=1S/C23H38N6/c1-20-15-21(2)19-27(18-20)10-6-12-29-14-13-28(23(29)22(16-24)17-25)11-5-9-26-7-3-4-8-26/h20-21H,3-15,18-19H2,1-2H3. The van der Waals surface area contributed by atoms with Gasteiger partial charge in [0.1, 0.15) is 18.0 Å². The number of nitrogens with zero attached hydrogens (tertiary/aromatic N) is 6. The van der Waals surface area contributed by atoms with Gasteiger partial charge in [0, 0.05) is 39.3 Å². The van der Waals surface area contributed by atoms with Gasteiger partial charge < -0.3 is 19.6 Å². The molecule has 2 unspecified atom stereocenters. The van der Waals surface area contributed by atoms with E-state index in [9.17, 15) is 10.5 Å². The van der Waals surface area contributed by atoms with Crippen LogP contribution in [0.25, 0.3) is 0 Å². The largest absolute Gasteiger partial charge is 0.355 e. The lowest BCUT2D eigenvalue weighted by Gasteiger charge is -2.35. The lowest BCUT2D eigenvalue weighted by atomic mass is 9.92. The third kappa shape index (κ3) is 6.11. The Morgan fingerprint density at radius 2 is 1.31 bits per heavy atom. The number of hydrogen-bond acceptors (Lipinski definition) is 6. The van der Waals surface area contributed by atoms with E-state index < -0.39 is 0 Å². The van der Waals surface area contributed by atoms with Crippen molar-refractivity contribution in [2.24, 2.45) is 11.8 Å². The summed E-state index contributed by atoms with van der Waals surface area (Å²) in [5, 5.41) is 19.0. The van der Waals surface area contributed by atoms with Crippen molar-refractivity contribution >= 4 is 0 Å². The first-order chi connectivity index (χ1) is 14.1. The summed E-state index contributed by atoms with van der Waals surface area (Å²) in [4.78, 5) is 9.70. The zero-order chi connectivity index (χ0) is 20.6. The molecule has 29 heavy (non-hydrogen) atoms. The van der Waals surface area contributed by atoms with Crippen LogP contribution in [-0.4, -0.2) is 85.0 Å². The molecule has 3 fully saturated rings. The number of allylic oxidation sites excluding steroid dienone is 1. The minimum absolute atomic E-state index is 0.281. The minimum atomic E-state index is 0.281. The van der Waals surface area contributed by atoms with E-state index in [-0.39, 0.29) is 5.57 Å². The first kappa shape index (κ1) is 21.9. The Kier molecular flexibility index (Phi) is 8.21. The lowest BCUT2D eigenvalue weighted by Crippen LogP contribution is -2.40. The second-order valence-corrected chi connectivity index (χ2v) is 9.36. The van der Waals surface area contributed by atoms with Gasteiger partial charge in [-0.25, -0.2) is 0 Å². The van der Waals surface area contributed by atoms with Crippen LogP contribution in [0, 0.1) is 34.5 Å². The first-order valence-electron chi connectivity index (χ1n) is 11.6. The third-order valence-corrected chi connectivity index (χ3v) is 6.63. The normalized spacial score (nSPS) is 26.0. The van der Waals surface area contributed by atoms with Gasteiger partial charge in [0.25, 0.3) is 0 Å². The molecule has 3 heterocycles. The molecule has 3 rings (SSSR count). The molecule has 0 aromatic carbocycles. The molecule has 3 aliphatic rings. The number of hydrogen-bond donors (Lipinski definition) is 0. The molecule has 3 aliphatic heterocycles. The zero-order valence-corrected chi connectivity index (χ0v) is 18.4. The topological polar surface area (TPSA) is 60.5 Å². The zero-order valence-electron chi connectivity index (χ0n) is 18.4. The predicted octanol–water partition coefficient (Wildman–Crippen LogP) is 2.72. The fourth-order valence-electron chi connectivity index (χ4n) is 5.48. The second-order valence-electron chi connectivity index (χ2n) is 9.36. The summed E-state index contributed by atoms with van der Waals surface area (Å²) in [6.07, 6.45) is 6.18. The highest BCUT2D eigenvalue weighted by Crippen LogP contribution is 2.24. The summed E-state index contributed by atoms with van der Waals surface area (Å²) in [7, 11) is 0. The maximum atomic E-state index is 9.51.